The van der Waals surface area contributed by atoms with Gasteiger partial charge < -0.3 is 20.1 Å². The van der Waals surface area contributed by atoms with E-state index in [4.69, 9.17) is 21.1 Å². The average Bonchev–Trinajstić information content (AvgIpc) is 2.70. The summed E-state index contributed by atoms with van der Waals surface area (Å²) in [6.07, 6.45) is 0. The van der Waals surface area contributed by atoms with Crippen molar-refractivity contribution in [2.24, 2.45) is 5.92 Å². The van der Waals surface area contributed by atoms with Crippen LogP contribution >= 0.6 is 11.6 Å². The van der Waals surface area contributed by atoms with Crippen molar-refractivity contribution in [3.8, 4) is 5.75 Å². The number of esters is 1. The molecule has 2 N–H and O–H groups in total. The van der Waals surface area contributed by atoms with Crippen molar-refractivity contribution in [3.05, 3.63) is 59.1 Å². The van der Waals surface area contributed by atoms with Crippen molar-refractivity contribution in [2.45, 2.75) is 19.9 Å². The molecule has 2 amide bonds. The molecule has 0 aliphatic carbocycles. The number of halogens is 1. The number of hydrogen-bond acceptors (Lipinski definition) is 5. The van der Waals surface area contributed by atoms with Gasteiger partial charge in [0.25, 0.3) is 11.8 Å². The monoisotopic (exact) mass is 418 g/mol. The highest BCUT2D eigenvalue weighted by Gasteiger charge is 2.27. The number of para-hydroxylation sites is 2. The molecule has 2 aromatic carbocycles. The van der Waals surface area contributed by atoms with E-state index < -0.39 is 30.4 Å². The maximum atomic E-state index is 12.4. The van der Waals surface area contributed by atoms with Crippen molar-refractivity contribution in [1.82, 2.24) is 5.32 Å². The molecule has 0 spiro atoms. The zero-order valence-electron chi connectivity index (χ0n) is 16.4. The van der Waals surface area contributed by atoms with Crippen molar-refractivity contribution < 1.29 is 23.9 Å². The van der Waals surface area contributed by atoms with E-state index in [0.29, 0.717) is 22.0 Å². The van der Waals surface area contributed by atoms with E-state index in [2.05, 4.69) is 10.6 Å². The van der Waals surface area contributed by atoms with Gasteiger partial charge in [-0.25, -0.2) is 4.79 Å². The predicted molar refractivity (Wildman–Crippen MR) is 110 cm³/mol. The fraction of sp³-hybridized carbons (Fsp3) is 0.286. The fourth-order valence-electron chi connectivity index (χ4n) is 2.48. The molecule has 0 bridgehead atoms. The van der Waals surface area contributed by atoms with Crippen molar-refractivity contribution in [3.63, 3.8) is 0 Å². The van der Waals surface area contributed by atoms with Gasteiger partial charge in [-0.1, -0.05) is 37.6 Å². The van der Waals surface area contributed by atoms with Gasteiger partial charge in [-0.3, -0.25) is 9.59 Å². The maximum Gasteiger partial charge on any atom is 0.329 e. The Labute approximate surface area is 174 Å². The zero-order chi connectivity index (χ0) is 21.4. The lowest BCUT2D eigenvalue weighted by atomic mass is 10.0. The minimum absolute atomic E-state index is 0.240. The Morgan fingerprint density at radius 2 is 1.69 bits per heavy atom. The summed E-state index contributed by atoms with van der Waals surface area (Å²) in [6.45, 7) is 3.04. The van der Waals surface area contributed by atoms with Gasteiger partial charge in [0.2, 0.25) is 0 Å². The van der Waals surface area contributed by atoms with Crippen LogP contribution in [-0.4, -0.2) is 37.5 Å². The third-order valence-electron chi connectivity index (χ3n) is 4.04. The number of ether oxygens (including phenoxy) is 2. The van der Waals surface area contributed by atoms with E-state index in [-0.39, 0.29) is 5.92 Å². The van der Waals surface area contributed by atoms with Gasteiger partial charge in [0.05, 0.1) is 12.8 Å². The van der Waals surface area contributed by atoms with Crippen LogP contribution < -0.4 is 15.4 Å². The SMILES string of the molecule is COc1ccccc1NC(=O)COC(=O)[C@@H](NC(=O)c1ccc(Cl)cc1)C(C)C. The van der Waals surface area contributed by atoms with Crippen LogP contribution in [0.2, 0.25) is 5.02 Å². The van der Waals surface area contributed by atoms with E-state index in [9.17, 15) is 14.4 Å². The summed E-state index contributed by atoms with van der Waals surface area (Å²) in [5.74, 6) is -1.40. The predicted octanol–water partition coefficient (Wildman–Crippen LogP) is 3.28. The summed E-state index contributed by atoms with van der Waals surface area (Å²) in [5.41, 5.74) is 0.828. The van der Waals surface area contributed by atoms with Crippen LogP contribution in [0.3, 0.4) is 0 Å². The number of anilines is 1. The molecule has 8 heteroatoms. The Bertz CT molecular complexity index is 868. The Morgan fingerprint density at radius 3 is 2.31 bits per heavy atom. The molecule has 2 aromatic rings. The second-order valence-electron chi connectivity index (χ2n) is 6.56. The number of benzene rings is 2. The zero-order valence-corrected chi connectivity index (χ0v) is 17.2. The largest absolute Gasteiger partial charge is 0.495 e. The second-order valence-corrected chi connectivity index (χ2v) is 6.99. The standard InChI is InChI=1S/C21H23ClN2O5/c1-13(2)19(24-20(26)14-8-10-15(22)11-9-14)21(27)29-12-18(25)23-16-6-4-5-7-17(16)28-3/h4-11,13,19H,12H2,1-3H3,(H,23,25)(H,24,26)/t19-/m0/s1. The van der Waals surface area contributed by atoms with E-state index in [0.717, 1.165) is 0 Å². The Hall–Kier alpha value is -3.06. The quantitative estimate of drug-likeness (QED) is 0.641. The molecule has 0 saturated heterocycles. The van der Waals surface area contributed by atoms with Gasteiger partial charge in [0.1, 0.15) is 11.8 Å². The van der Waals surface area contributed by atoms with Gasteiger partial charge in [-0.05, 0) is 42.3 Å². The minimum Gasteiger partial charge on any atom is -0.495 e. The van der Waals surface area contributed by atoms with Crippen LogP contribution in [0.15, 0.2) is 48.5 Å². The topological polar surface area (TPSA) is 93.7 Å². The molecule has 1 atom stereocenters. The summed E-state index contributed by atoms with van der Waals surface area (Å²) >= 11 is 5.82. The lowest BCUT2D eigenvalue weighted by Gasteiger charge is -2.21. The number of methoxy groups -OCH3 is 1. The highest BCUT2D eigenvalue weighted by molar-refractivity contribution is 6.30. The number of nitrogens with one attached hydrogen (secondary N) is 2. The van der Waals surface area contributed by atoms with Crippen molar-refractivity contribution >= 4 is 35.1 Å². The number of carbonyl (C=O) groups excluding carboxylic acids is 3. The minimum atomic E-state index is -0.905. The Morgan fingerprint density at radius 1 is 1.03 bits per heavy atom. The smallest absolute Gasteiger partial charge is 0.329 e. The van der Waals surface area contributed by atoms with Gasteiger partial charge in [0.15, 0.2) is 6.61 Å². The molecule has 0 aromatic heterocycles. The van der Waals surface area contributed by atoms with Crippen LogP contribution in [-0.2, 0) is 14.3 Å². The van der Waals surface area contributed by atoms with Crippen LogP contribution in [0.4, 0.5) is 5.69 Å². The number of amides is 2. The first-order valence-corrected chi connectivity index (χ1v) is 9.35. The summed E-state index contributed by atoms with van der Waals surface area (Å²) in [7, 11) is 1.49. The lowest BCUT2D eigenvalue weighted by molar-refractivity contribution is -0.150. The summed E-state index contributed by atoms with van der Waals surface area (Å²) in [5, 5.41) is 5.75. The third kappa shape index (κ3) is 6.50. The third-order valence-corrected chi connectivity index (χ3v) is 4.29. The summed E-state index contributed by atoms with van der Waals surface area (Å²) in [6, 6.07) is 12.3. The van der Waals surface area contributed by atoms with Gasteiger partial charge in [-0.15, -0.1) is 0 Å². The molecule has 0 fully saturated rings. The molecule has 2 rings (SSSR count). The van der Waals surface area contributed by atoms with Gasteiger partial charge in [0, 0.05) is 10.6 Å². The van der Waals surface area contributed by atoms with Gasteiger partial charge in [-0.2, -0.15) is 0 Å². The highest BCUT2D eigenvalue weighted by Crippen LogP contribution is 2.22. The highest BCUT2D eigenvalue weighted by atomic mass is 35.5. The van der Waals surface area contributed by atoms with Crippen molar-refractivity contribution in [2.75, 3.05) is 19.0 Å². The van der Waals surface area contributed by atoms with Gasteiger partial charge >= 0.3 is 5.97 Å². The Kier molecular flexibility index (Phi) is 8.03. The fourth-order valence-corrected chi connectivity index (χ4v) is 2.61. The van der Waals surface area contributed by atoms with Crippen LogP contribution in [0.5, 0.6) is 5.75 Å². The van der Waals surface area contributed by atoms with Crippen LogP contribution in [0, 0.1) is 5.92 Å². The second kappa shape index (κ2) is 10.5. The number of carbonyl (C=O) groups is 3. The molecule has 0 radical (unpaired) electrons. The van der Waals surface area contributed by atoms with E-state index >= 15 is 0 Å². The first-order chi connectivity index (χ1) is 13.8. The molecule has 0 saturated carbocycles. The van der Waals surface area contributed by atoms with E-state index in [1.165, 1.54) is 7.11 Å². The normalized spacial score (nSPS) is 11.5. The summed E-state index contributed by atoms with van der Waals surface area (Å²) < 4.78 is 10.3. The molecule has 0 unspecified atom stereocenters. The van der Waals surface area contributed by atoms with Crippen molar-refractivity contribution in [1.29, 1.82) is 0 Å². The summed E-state index contributed by atoms with van der Waals surface area (Å²) in [4.78, 5) is 36.9. The molecule has 7 nitrogen and oxygen atoms in total. The number of rotatable bonds is 8. The Balaban J connectivity index is 1.94. The van der Waals surface area contributed by atoms with Crippen LogP contribution in [0.25, 0.3) is 0 Å². The first kappa shape index (κ1) is 22.2. The maximum absolute atomic E-state index is 12.4. The first-order valence-electron chi connectivity index (χ1n) is 8.97. The molecule has 154 valence electrons. The molecule has 0 heterocycles. The van der Waals surface area contributed by atoms with Crippen LogP contribution in [0.1, 0.15) is 24.2 Å². The molecular weight excluding hydrogens is 396 g/mol. The van der Waals surface area contributed by atoms with E-state index in [1.807, 2.05) is 0 Å². The molecule has 0 aliphatic heterocycles. The molecule has 29 heavy (non-hydrogen) atoms. The lowest BCUT2D eigenvalue weighted by Crippen LogP contribution is -2.45. The average molecular weight is 419 g/mol. The molecular formula is C21H23ClN2O5. The molecule has 0 aliphatic rings. The number of hydrogen-bond donors (Lipinski definition) is 2. The van der Waals surface area contributed by atoms with E-state index in [1.54, 1.807) is 62.4 Å².